The van der Waals surface area contributed by atoms with Crippen molar-refractivity contribution in [1.82, 2.24) is 15.1 Å². The lowest BCUT2D eigenvalue weighted by Crippen LogP contribution is -2.53. The van der Waals surface area contributed by atoms with E-state index >= 15 is 0 Å². The van der Waals surface area contributed by atoms with Gasteiger partial charge in [0, 0.05) is 32.1 Å². The number of carbonyl (C=O) groups excluding carboxylic acids is 4. The third kappa shape index (κ3) is 4.72. The Morgan fingerprint density at radius 1 is 1.00 bits per heavy atom. The molecular formula is C26H30N4O4. The van der Waals surface area contributed by atoms with Gasteiger partial charge in [0.25, 0.3) is 11.8 Å². The lowest BCUT2D eigenvalue weighted by molar-refractivity contribution is -0.126. The quantitative estimate of drug-likeness (QED) is 0.553. The van der Waals surface area contributed by atoms with E-state index in [1.54, 1.807) is 24.3 Å². The van der Waals surface area contributed by atoms with Crippen molar-refractivity contribution in [2.75, 3.05) is 13.1 Å². The number of benzene rings is 2. The molecule has 0 aliphatic carbocycles. The molecule has 0 radical (unpaired) electrons. The van der Waals surface area contributed by atoms with Crippen LogP contribution in [0.5, 0.6) is 0 Å². The Labute approximate surface area is 199 Å². The molecule has 2 atom stereocenters. The minimum absolute atomic E-state index is 0.0134. The second-order valence-corrected chi connectivity index (χ2v) is 8.84. The second kappa shape index (κ2) is 10.2. The molecule has 2 aliphatic rings. The summed E-state index contributed by atoms with van der Waals surface area (Å²) >= 11 is 0. The van der Waals surface area contributed by atoms with E-state index in [0.717, 1.165) is 30.8 Å². The maximum atomic E-state index is 13.3. The summed E-state index contributed by atoms with van der Waals surface area (Å²) in [6.07, 6.45) is 1.67. The molecule has 4 amide bonds. The molecule has 2 heterocycles. The van der Waals surface area contributed by atoms with Crippen LogP contribution in [0.15, 0.2) is 48.5 Å². The standard InChI is InChI=1S/C26H30N4O4/c1-2-19(29-14-13-17-7-3-4-8-18(17)16-29)15-28-24(32)22(11-12-23(27)31)30-25(33)20-9-5-6-10-21(20)26(30)34/h3-10,19,22H,2,11-16H2,1H3,(H2,27,31)(H,28,32). The first-order chi connectivity index (χ1) is 16.4. The zero-order chi connectivity index (χ0) is 24.2. The van der Waals surface area contributed by atoms with Crippen LogP contribution in [0, 0.1) is 0 Å². The highest BCUT2D eigenvalue weighted by Gasteiger charge is 2.42. The van der Waals surface area contributed by atoms with Crippen LogP contribution in [0.1, 0.15) is 58.0 Å². The molecule has 0 bridgehead atoms. The largest absolute Gasteiger partial charge is 0.370 e. The molecule has 0 aromatic heterocycles. The number of fused-ring (bicyclic) bond motifs is 2. The Balaban J connectivity index is 1.46. The van der Waals surface area contributed by atoms with Gasteiger partial charge in [0.15, 0.2) is 0 Å². The highest BCUT2D eigenvalue weighted by molar-refractivity contribution is 6.22. The Morgan fingerprint density at radius 2 is 1.62 bits per heavy atom. The topological polar surface area (TPSA) is 113 Å². The first-order valence-electron chi connectivity index (χ1n) is 11.7. The van der Waals surface area contributed by atoms with Crippen LogP contribution in [0.3, 0.4) is 0 Å². The van der Waals surface area contributed by atoms with Gasteiger partial charge in [-0.25, -0.2) is 0 Å². The van der Waals surface area contributed by atoms with E-state index in [2.05, 4.69) is 35.3 Å². The van der Waals surface area contributed by atoms with Crippen LogP contribution in [-0.2, 0) is 22.6 Å². The monoisotopic (exact) mass is 462 g/mol. The van der Waals surface area contributed by atoms with Gasteiger partial charge in [-0.3, -0.25) is 29.0 Å². The molecule has 2 aromatic carbocycles. The summed E-state index contributed by atoms with van der Waals surface area (Å²) in [5, 5.41) is 2.94. The normalized spacial score (nSPS) is 17.1. The van der Waals surface area contributed by atoms with Crippen molar-refractivity contribution in [2.24, 2.45) is 5.73 Å². The average Bonchev–Trinajstić information content (AvgIpc) is 3.10. The number of hydrogen-bond donors (Lipinski definition) is 2. The fourth-order valence-electron chi connectivity index (χ4n) is 4.84. The molecule has 2 unspecified atom stereocenters. The maximum Gasteiger partial charge on any atom is 0.262 e. The molecule has 2 aliphatic heterocycles. The highest BCUT2D eigenvalue weighted by atomic mass is 16.2. The number of nitrogens with zero attached hydrogens (tertiary/aromatic N) is 2. The molecular weight excluding hydrogens is 432 g/mol. The highest BCUT2D eigenvalue weighted by Crippen LogP contribution is 2.26. The van der Waals surface area contributed by atoms with E-state index in [1.165, 1.54) is 11.1 Å². The maximum absolute atomic E-state index is 13.3. The molecule has 2 aromatic rings. The average molecular weight is 463 g/mol. The van der Waals surface area contributed by atoms with E-state index in [-0.39, 0.29) is 30.0 Å². The molecule has 0 fully saturated rings. The molecule has 34 heavy (non-hydrogen) atoms. The van der Waals surface area contributed by atoms with Crippen LogP contribution in [-0.4, -0.2) is 58.6 Å². The predicted octanol–water partition coefficient (Wildman–Crippen LogP) is 1.87. The van der Waals surface area contributed by atoms with E-state index in [4.69, 9.17) is 5.73 Å². The van der Waals surface area contributed by atoms with Gasteiger partial charge in [-0.05, 0) is 42.5 Å². The molecule has 3 N–H and O–H groups in total. The number of primary amides is 1. The summed E-state index contributed by atoms with van der Waals surface area (Å²) in [7, 11) is 0. The van der Waals surface area contributed by atoms with Gasteiger partial charge in [0.1, 0.15) is 6.04 Å². The van der Waals surface area contributed by atoms with Crippen LogP contribution in [0.4, 0.5) is 0 Å². The summed E-state index contributed by atoms with van der Waals surface area (Å²) in [5.41, 5.74) is 8.49. The minimum atomic E-state index is -1.10. The molecule has 4 rings (SSSR count). The Hall–Kier alpha value is -3.52. The van der Waals surface area contributed by atoms with Crippen molar-refractivity contribution in [1.29, 1.82) is 0 Å². The van der Waals surface area contributed by atoms with Gasteiger partial charge in [-0.15, -0.1) is 0 Å². The summed E-state index contributed by atoms with van der Waals surface area (Å²) in [6, 6.07) is 13.9. The number of amides is 4. The van der Waals surface area contributed by atoms with Crippen molar-refractivity contribution in [3.05, 3.63) is 70.8 Å². The number of nitrogens with one attached hydrogen (secondary N) is 1. The fraction of sp³-hybridized carbons (Fsp3) is 0.385. The van der Waals surface area contributed by atoms with Crippen LogP contribution in [0.25, 0.3) is 0 Å². The summed E-state index contributed by atoms with van der Waals surface area (Å²) in [4.78, 5) is 53.9. The van der Waals surface area contributed by atoms with Crippen molar-refractivity contribution >= 4 is 23.6 Å². The van der Waals surface area contributed by atoms with Gasteiger partial charge in [0.05, 0.1) is 11.1 Å². The molecule has 8 nitrogen and oxygen atoms in total. The Bertz CT molecular complexity index is 1080. The first kappa shape index (κ1) is 23.6. The number of hydrogen-bond acceptors (Lipinski definition) is 5. The zero-order valence-electron chi connectivity index (χ0n) is 19.3. The fourth-order valence-corrected chi connectivity index (χ4v) is 4.84. The number of nitrogens with two attached hydrogens (primary N) is 1. The molecule has 178 valence electrons. The SMILES string of the molecule is CCC(CNC(=O)C(CCC(N)=O)N1C(=O)c2ccccc2C1=O)N1CCc2ccccc2C1. The predicted molar refractivity (Wildman–Crippen MR) is 127 cm³/mol. The minimum Gasteiger partial charge on any atom is -0.370 e. The third-order valence-corrected chi connectivity index (χ3v) is 6.76. The zero-order valence-corrected chi connectivity index (χ0v) is 19.3. The smallest absolute Gasteiger partial charge is 0.262 e. The second-order valence-electron chi connectivity index (χ2n) is 8.84. The molecule has 0 saturated carbocycles. The van der Waals surface area contributed by atoms with Crippen molar-refractivity contribution in [2.45, 2.75) is 51.2 Å². The summed E-state index contributed by atoms with van der Waals surface area (Å²) in [6.45, 7) is 4.17. The van der Waals surface area contributed by atoms with Gasteiger partial charge in [0.2, 0.25) is 11.8 Å². The number of imide groups is 1. The lowest BCUT2D eigenvalue weighted by atomic mass is 9.98. The molecule has 0 spiro atoms. The number of rotatable bonds is 9. The van der Waals surface area contributed by atoms with Gasteiger partial charge >= 0.3 is 0 Å². The van der Waals surface area contributed by atoms with Crippen LogP contribution >= 0.6 is 0 Å². The van der Waals surface area contributed by atoms with E-state index in [0.29, 0.717) is 6.54 Å². The third-order valence-electron chi connectivity index (χ3n) is 6.76. The molecule has 0 saturated heterocycles. The summed E-state index contributed by atoms with van der Waals surface area (Å²) in [5.74, 6) is -2.09. The number of carbonyl (C=O) groups is 4. The van der Waals surface area contributed by atoms with Gasteiger partial charge < -0.3 is 11.1 Å². The van der Waals surface area contributed by atoms with E-state index in [9.17, 15) is 19.2 Å². The van der Waals surface area contributed by atoms with Crippen molar-refractivity contribution < 1.29 is 19.2 Å². The Kier molecular flexibility index (Phi) is 7.07. The van der Waals surface area contributed by atoms with E-state index in [1.807, 2.05) is 6.07 Å². The van der Waals surface area contributed by atoms with Crippen LogP contribution in [0.2, 0.25) is 0 Å². The summed E-state index contributed by atoms with van der Waals surface area (Å²) < 4.78 is 0. The van der Waals surface area contributed by atoms with Crippen molar-refractivity contribution in [3.63, 3.8) is 0 Å². The van der Waals surface area contributed by atoms with Crippen molar-refractivity contribution in [3.8, 4) is 0 Å². The van der Waals surface area contributed by atoms with Crippen LogP contribution < -0.4 is 11.1 Å². The lowest BCUT2D eigenvalue weighted by Gasteiger charge is -2.35. The van der Waals surface area contributed by atoms with Gasteiger partial charge in [-0.1, -0.05) is 43.3 Å². The van der Waals surface area contributed by atoms with Gasteiger partial charge in [-0.2, -0.15) is 0 Å². The first-order valence-corrected chi connectivity index (χ1v) is 11.7. The Morgan fingerprint density at radius 3 is 2.24 bits per heavy atom. The van der Waals surface area contributed by atoms with E-state index < -0.39 is 29.7 Å². The molecule has 8 heteroatoms.